The van der Waals surface area contributed by atoms with Crippen LogP contribution in [0.3, 0.4) is 0 Å². The van der Waals surface area contributed by atoms with Crippen molar-refractivity contribution >= 4 is 18.3 Å². The second kappa shape index (κ2) is 8.25. The lowest BCUT2D eigenvalue weighted by atomic mass is 9.89. The van der Waals surface area contributed by atoms with E-state index in [1.807, 2.05) is 29.2 Å². The first-order valence-electron chi connectivity index (χ1n) is 8.92. The standard InChI is InChI=1S/C20H23N3O3.ClH/c1-26-16-4-2-14(3-5-16)19-17-10-21-9-15(17)11-23(19)20(25)18-8-13(12-24)6-7-22-18;/h2-8,15,17,19,21,24H,9-12H2,1H3;1H/t15-,17-,19-;/m0./s1. The number of aliphatic hydroxyl groups excluding tert-OH is 1. The fourth-order valence-electron chi connectivity index (χ4n) is 4.19. The molecule has 2 aromatic rings. The van der Waals surface area contributed by atoms with Crippen LogP contribution in [0, 0.1) is 11.8 Å². The third-order valence-corrected chi connectivity index (χ3v) is 5.51. The molecule has 2 saturated heterocycles. The second-order valence-electron chi connectivity index (χ2n) is 6.97. The molecular formula is C20H24ClN3O3. The Morgan fingerprint density at radius 1 is 1.30 bits per heavy atom. The number of amides is 1. The minimum absolute atomic E-state index is 0. The van der Waals surface area contributed by atoms with E-state index in [1.165, 1.54) is 0 Å². The normalized spacial score (nSPS) is 23.6. The van der Waals surface area contributed by atoms with Crippen LogP contribution >= 0.6 is 12.4 Å². The summed E-state index contributed by atoms with van der Waals surface area (Å²) in [6.45, 7) is 2.47. The molecular weight excluding hydrogens is 366 g/mol. The highest BCUT2D eigenvalue weighted by Crippen LogP contribution is 2.43. The van der Waals surface area contributed by atoms with E-state index in [2.05, 4.69) is 10.3 Å². The number of hydrogen-bond acceptors (Lipinski definition) is 5. The summed E-state index contributed by atoms with van der Waals surface area (Å²) in [7, 11) is 1.65. The molecule has 4 rings (SSSR count). The van der Waals surface area contributed by atoms with Crippen LogP contribution in [0.1, 0.15) is 27.7 Å². The second-order valence-corrected chi connectivity index (χ2v) is 6.97. The van der Waals surface area contributed by atoms with E-state index in [4.69, 9.17) is 4.74 Å². The van der Waals surface area contributed by atoms with Gasteiger partial charge >= 0.3 is 0 Å². The predicted molar refractivity (Wildman–Crippen MR) is 104 cm³/mol. The Bertz CT molecular complexity index is 799. The zero-order chi connectivity index (χ0) is 18.1. The van der Waals surface area contributed by atoms with Crippen molar-refractivity contribution in [1.82, 2.24) is 15.2 Å². The molecule has 0 unspecified atom stereocenters. The maximum absolute atomic E-state index is 13.2. The molecule has 6 nitrogen and oxygen atoms in total. The largest absolute Gasteiger partial charge is 0.497 e. The van der Waals surface area contributed by atoms with Crippen LogP contribution < -0.4 is 10.1 Å². The van der Waals surface area contributed by atoms with E-state index in [0.717, 1.165) is 30.9 Å². The molecule has 144 valence electrons. The molecule has 3 atom stereocenters. The first kappa shape index (κ1) is 19.6. The zero-order valence-corrected chi connectivity index (χ0v) is 16.0. The van der Waals surface area contributed by atoms with Gasteiger partial charge in [-0.25, -0.2) is 0 Å². The first-order chi connectivity index (χ1) is 12.7. The van der Waals surface area contributed by atoms with Gasteiger partial charge in [-0.05, 0) is 41.3 Å². The molecule has 1 aromatic carbocycles. The number of benzene rings is 1. The van der Waals surface area contributed by atoms with E-state index in [0.29, 0.717) is 23.1 Å². The minimum Gasteiger partial charge on any atom is -0.497 e. The molecule has 1 aromatic heterocycles. The van der Waals surface area contributed by atoms with Crippen molar-refractivity contribution in [2.75, 3.05) is 26.7 Å². The number of nitrogens with zero attached hydrogens (tertiary/aromatic N) is 2. The SMILES string of the molecule is COc1ccc([C@H]2[C@H]3CNC[C@H]3CN2C(=O)c2cc(CO)ccn2)cc1.Cl. The summed E-state index contributed by atoms with van der Waals surface area (Å²) in [6.07, 6.45) is 1.58. The average molecular weight is 390 g/mol. The van der Waals surface area contributed by atoms with Crippen molar-refractivity contribution < 1.29 is 14.6 Å². The Morgan fingerprint density at radius 2 is 2.07 bits per heavy atom. The lowest BCUT2D eigenvalue weighted by molar-refractivity contribution is 0.0708. The van der Waals surface area contributed by atoms with Crippen molar-refractivity contribution in [1.29, 1.82) is 0 Å². The van der Waals surface area contributed by atoms with Gasteiger partial charge in [0.15, 0.2) is 0 Å². The van der Waals surface area contributed by atoms with E-state index < -0.39 is 0 Å². The molecule has 0 radical (unpaired) electrons. The molecule has 1 amide bonds. The molecule has 27 heavy (non-hydrogen) atoms. The number of aromatic nitrogens is 1. The zero-order valence-electron chi connectivity index (χ0n) is 15.2. The van der Waals surface area contributed by atoms with E-state index >= 15 is 0 Å². The number of methoxy groups -OCH3 is 1. The lowest BCUT2D eigenvalue weighted by Gasteiger charge is -2.28. The van der Waals surface area contributed by atoms with Gasteiger partial charge in [0.25, 0.3) is 5.91 Å². The fourth-order valence-corrected chi connectivity index (χ4v) is 4.19. The number of carbonyl (C=O) groups excluding carboxylic acids is 1. The molecule has 7 heteroatoms. The molecule has 0 spiro atoms. The van der Waals surface area contributed by atoms with Crippen LogP contribution in [-0.2, 0) is 6.61 Å². The molecule has 0 bridgehead atoms. The summed E-state index contributed by atoms with van der Waals surface area (Å²) in [4.78, 5) is 19.4. The maximum Gasteiger partial charge on any atom is 0.272 e. The monoisotopic (exact) mass is 389 g/mol. The van der Waals surface area contributed by atoms with Gasteiger partial charge in [0.1, 0.15) is 11.4 Å². The summed E-state index contributed by atoms with van der Waals surface area (Å²) in [5.41, 5.74) is 2.21. The minimum atomic E-state index is -0.0973. The Labute approximate surface area is 165 Å². The topological polar surface area (TPSA) is 74.7 Å². The van der Waals surface area contributed by atoms with Crippen LogP contribution in [0.4, 0.5) is 0 Å². The highest BCUT2D eigenvalue weighted by molar-refractivity contribution is 5.93. The van der Waals surface area contributed by atoms with Gasteiger partial charge in [0, 0.05) is 31.7 Å². The number of likely N-dealkylation sites (tertiary alicyclic amines) is 1. The third-order valence-electron chi connectivity index (χ3n) is 5.51. The Balaban J connectivity index is 0.00000210. The molecule has 2 fully saturated rings. The van der Waals surface area contributed by atoms with Gasteiger partial charge in [0.2, 0.25) is 0 Å². The number of fused-ring (bicyclic) bond motifs is 1. The Hall–Kier alpha value is -2.15. The Morgan fingerprint density at radius 3 is 2.78 bits per heavy atom. The van der Waals surface area contributed by atoms with Crippen LogP contribution in [0.25, 0.3) is 0 Å². The summed E-state index contributed by atoms with van der Waals surface area (Å²) < 4.78 is 5.26. The van der Waals surface area contributed by atoms with E-state index in [-0.39, 0.29) is 31.0 Å². The summed E-state index contributed by atoms with van der Waals surface area (Å²) in [5, 5.41) is 12.8. The predicted octanol–water partition coefficient (Wildman–Crippen LogP) is 2.04. The van der Waals surface area contributed by atoms with Gasteiger partial charge in [-0.15, -0.1) is 12.4 Å². The van der Waals surface area contributed by atoms with Crippen molar-refractivity contribution in [2.24, 2.45) is 11.8 Å². The van der Waals surface area contributed by atoms with Gasteiger partial charge in [-0.2, -0.15) is 0 Å². The van der Waals surface area contributed by atoms with Crippen molar-refractivity contribution in [3.8, 4) is 5.75 Å². The van der Waals surface area contributed by atoms with Gasteiger partial charge in [-0.1, -0.05) is 12.1 Å². The van der Waals surface area contributed by atoms with Gasteiger partial charge < -0.3 is 20.1 Å². The van der Waals surface area contributed by atoms with Crippen molar-refractivity contribution in [2.45, 2.75) is 12.6 Å². The number of halogens is 1. The average Bonchev–Trinajstić information content (AvgIpc) is 3.28. The first-order valence-corrected chi connectivity index (χ1v) is 8.92. The maximum atomic E-state index is 13.2. The summed E-state index contributed by atoms with van der Waals surface area (Å²) in [6, 6.07) is 11.4. The molecule has 0 saturated carbocycles. The van der Waals surface area contributed by atoms with E-state index in [1.54, 1.807) is 25.4 Å². The van der Waals surface area contributed by atoms with Gasteiger partial charge in [-0.3, -0.25) is 9.78 Å². The Kier molecular flexibility index (Phi) is 5.99. The van der Waals surface area contributed by atoms with Crippen molar-refractivity contribution in [3.05, 3.63) is 59.4 Å². The van der Waals surface area contributed by atoms with Crippen molar-refractivity contribution in [3.63, 3.8) is 0 Å². The van der Waals surface area contributed by atoms with Crippen LogP contribution in [0.5, 0.6) is 5.75 Å². The highest BCUT2D eigenvalue weighted by Gasteiger charge is 2.47. The molecule has 2 aliphatic heterocycles. The summed E-state index contributed by atoms with van der Waals surface area (Å²) >= 11 is 0. The number of ether oxygens (including phenoxy) is 1. The number of pyridine rings is 1. The third kappa shape index (κ3) is 3.65. The summed E-state index contributed by atoms with van der Waals surface area (Å²) in [5.74, 6) is 1.58. The molecule has 2 N–H and O–H groups in total. The number of hydrogen-bond donors (Lipinski definition) is 2. The van der Waals surface area contributed by atoms with Crippen LogP contribution in [0.2, 0.25) is 0 Å². The number of nitrogens with one attached hydrogen (secondary N) is 1. The lowest BCUT2D eigenvalue weighted by Crippen LogP contribution is -2.35. The molecule has 2 aliphatic rings. The van der Waals surface area contributed by atoms with Crippen LogP contribution in [0.15, 0.2) is 42.6 Å². The van der Waals surface area contributed by atoms with Gasteiger partial charge in [0.05, 0.1) is 19.8 Å². The smallest absolute Gasteiger partial charge is 0.272 e. The molecule has 0 aliphatic carbocycles. The number of rotatable bonds is 4. The number of carbonyl (C=O) groups is 1. The van der Waals surface area contributed by atoms with E-state index in [9.17, 15) is 9.90 Å². The quantitative estimate of drug-likeness (QED) is 0.837. The number of aliphatic hydroxyl groups is 1. The highest BCUT2D eigenvalue weighted by atomic mass is 35.5. The molecule has 3 heterocycles. The fraction of sp³-hybridized carbons (Fsp3) is 0.400. The van der Waals surface area contributed by atoms with Crippen LogP contribution in [-0.4, -0.2) is 47.6 Å².